The van der Waals surface area contributed by atoms with Gasteiger partial charge in [0.2, 0.25) is 5.95 Å². The predicted molar refractivity (Wildman–Crippen MR) is 92.4 cm³/mol. The Bertz CT molecular complexity index is 863. The van der Waals surface area contributed by atoms with Crippen molar-refractivity contribution in [2.45, 2.75) is 13.0 Å². The number of hydrogen-bond acceptors (Lipinski definition) is 3. The van der Waals surface area contributed by atoms with E-state index in [4.69, 9.17) is 11.6 Å². The molecule has 1 unspecified atom stereocenters. The van der Waals surface area contributed by atoms with Crippen molar-refractivity contribution < 1.29 is 0 Å². The Morgan fingerprint density at radius 3 is 2.52 bits per heavy atom. The number of aryl methyl sites for hydroxylation is 1. The molecule has 0 aliphatic carbocycles. The molecule has 1 aliphatic heterocycles. The molecule has 23 heavy (non-hydrogen) atoms. The summed E-state index contributed by atoms with van der Waals surface area (Å²) in [5, 5.41) is 8.41. The van der Waals surface area contributed by atoms with Crippen LogP contribution < -0.4 is 5.32 Å². The topological polar surface area (TPSA) is 42.7 Å². The van der Waals surface area contributed by atoms with Gasteiger partial charge in [0.25, 0.3) is 0 Å². The van der Waals surface area contributed by atoms with Crippen LogP contribution in [0.2, 0.25) is 5.02 Å². The molecule has 1 aliphatic rings. The zero-order valence-electron chi connectivity index (χ0n) is 12.6. The number of benzene rings is 2. The van der Waals surface area contributed by atoms with Gasteiger partial charge in [0.1, 0.15) is 12.4 Å². The van der Waals surface area contributed by atoms with Crippen molar-refractivity contribution in [2.24, 2.45) is 0 Å². The van der Waals surface area contributed by atoms with Gasteiger partial charge >= 0.3 is 0 Å². The van der Waals surface area contributed by atoms with E-state index in [1.54, 1.807) is 6.33 Å². The van der Waals surface area contributed by atoms with E-state index in [9.17, 15) is 0 Å². The van der Waals surface area contributed by atoms with Gasteiger partial charge in [-0.25, -0.2) is 4.68 Å². The van der Waals surface area contributed by atoms with Gasteiger partial charge in [0.15, 0.2) is 0 Å². The Hall–Kier alpha value is -2.59. The first-order chi connectivity index (χ1) is 11.2. The van der Waals surface area contributed by atoms with E-state index in [1.165, 1.54) is 11.1 Å². The summed E-state index contributed by atoms with van der Waals surface area (Å²) in [6.45, 7) is 2.09. The number of aromatic nitrogens is 3. The lowest BCUT2D eigenvalue weighted by molar-refractivity contribution is 0.612. The summed E-state index contributed by atoms with van der Waals surface area (Å²) in [4.78, 5) is 4.32. The lowest BCUT2D eigenvalue weighted by Gasteiger charge is -2.24. The maximum absolute atomic E-state index is 5.99. The summed E-state index contributed by atoms with van der Waals surface area (Å²) in [6, 6.07) is 16.3. The van der Waals surface area contributed by atoms with Gasteiger partial charge in [-0.15, -0.1) is 0 Å². The molecule has 0 bridgehead atoms. The van der Waals surface area contributed by atoms with Gasteiger partial charge < -0.3 is 5.32 Å². The van der Waals surface area contributed by atoms with E-state index in [0.29, 0.717) is 0 Å². The number of nitrogens with one attached hydrogen (secondary N) is 1. The molecule has 2 aromatic carbocycles. The second-order valence-corrected chi connectivity index (χ2v) is 6.03. The summed E-state index contributed by atoms with van der Waals surface area (Å²) >= 11 is 5.99. The van der Waals surface area contributed by atoms with Crippen molar-refractivity contribution in [1.82, 2.24) is 14.8 Å². The minimum atomic E-state index is 0.0139. The summed E-state index contributed by atoms with van der Waals surface area (Å²) in [7, 11) is 0. The van der Waals surface area contributed by atoms with Crippen LogP contribution >= 0.6 is 11.6 Å². The molecule has 2 heterocycles. The number of allylic oxidation sites excluding steroid dienone is 1. The van der Waals surface area contributed by atoms with Crippen molar-refractivity contribution >= 4 is 23.2 Å². The number of fused-ring (bicyclic) bond motifs is 1. The standard InChI is InChI=1S/C18H15ClN4/c1-12-2-4-14(5-3-12)17-10-16(13-6-8-15(19)9-7-13)22-18-20-11-21-23(17)18/h2-11,17H,1H3,(H,20,21,22). The maximum Gasteiger partial charge on any atom is 0.226 e. The van der Waals surface area contributed by atoms with Crippen LogP contribution in [0.4, 0.5) is 5.95 Å². The molecule has 0 fully saturated rings. The van der Waals surface area contributed by atoms with Crippen LogP contribution in [-0.2, 0) is 0 Å². The highest BCUT2D eigenvalue weighted by Gasteiger charge is 2.23. The first-order valence-electron chi connectivity index (χ1n) is 7.41. The fourth-order valence-corrected chi connectivity index (χ4v) is 2.86. The lowest BCUT2D eigenvalue weighted by Crippen LogP contribution is -2.20. The molecule has 0 saturated carbocycles. The molecule has 1 atom stereocenters. The number of halogens is 1. The quantitative estimate of drug-likeness (QED) is 0.765. The normalized spacial score (nSPS) is 16.4. The van der Waals surface area contributed by atoms with E-state index in [0.717, 1.165) is 22.2 Å². The third kappa shape index (κ3) is 2.62. The van der Waals surface area contributed by atoms with Crippen molar-refractivity contribution in [1.29, 1.82) is 0 Å². The average molecular weight is 323 g/mol. The summed E-state index contributed by atoms with van der Waals surface area (Å²) in [6.07, 6.45) is 3.73. The molecule has 1 N–H and O–H groups in total. The van der Waals surface area contributed by atoms with Crippen molar-refractivity contribution in [2.75, 3.05) is 5.32 Å². The SMILES string of the molecule is Cc1ccc(C2C=C(c3ccc(Cl)cc3)Nc3ncnn32)cc1. The van der Waals surface area contributed by atoms with E-state index >= 15 is 0 Å². The monoisotopic (exact) mass is 322 g/mol. The van der Waals surface area contributed by atoms with E-state index in [2.05, 4.69) is 52.7 Å². The van der Waals surface area contributed by atoms with Gasteiger partial charge in [-0.05, 0) is 36.3 Å². The predicted octanol–water partition coefficient (Wildman–Crippen LogP) is 4.30. The minimum Gasteiger partial charge on any atom is -0.324 e. The number of hydrogen-bond donors (Lipinski definition) is 1. The first kappa shape index (κ1) is 14.0. The van der Waals surface area contributed by atoms with E-state index in [-0.39, 0.29) is 6.04 Å². The Morgan fingerprint density at radius 1 is 1.04 bits per heavy atom. The first-order valence-corrected chi connectivity index (χ1v) is 7.79. The Labute approximate surface area is 139 Å². The zero-order chi connectivity index (χ0) is 15.8. The lowest BCUT2D eigenvalue weighted by atomic mass is 10.0. The highest BCUT2D eigenvalue weighted by molar-refractivity contribution is 6.30. The highest BCUT2D eigenvalue weighted by atomic mass is 35.5. The molecule has 1 aromatic heterocycles. The largest absolute Gasteiger partial charge is 0.324 e. The number of anilines is 1. The van der Waals surface area contributed by atoms with Gasteiger partial charge in [0, 0.05) is 10.7 Å². The zero-order valence-corrected chi connectivity index (χ0v) is 13.3. The summed E-state index contributed by atoms with van der Waals surface area (Å²) in [5.74, 6) is 0.739. The van der Waals surface area contributed by atoms with Crippen LogP contribution in [0.5, 0.6) is 0 Å². The van der Waals surface area contributed by atoms with Crippen LogP contribution in [-0.4, -0.2) is 14.8 Å². The molecule has 0 radical (unpaired) electrons. The molecule has 0 amide bonds. The second kappa shape index (κ2) is 5.56. The fraction of sp³-hybridized carbons (Fsp3) is 0.111. The molecular formula is C18H15ClN4. The molecule has 5 heteroatoms. The maximum atomic E-state index is 5.99. The fourth-order valence-electron chi connectivity index (χ4n) is 2.73. The van der Waals surface area contributed by atoms with Crippen LogP contribution in [0.25, 0.3) is 5.70 Å². The summed E-state index contributed by atoms with van der Waals surface area (Å²) in [5.41, 5.74) is 4.49. The minimum absolute atomic E-state index is 0.0139. The Morgan fingerprint density at radius 2 is 1.78 bits per heavy atom. The van der Waals surface area contributed by atoms with Crippen LogP contribution in [0, 0.1) is 6.92 Å². The average Bonchev–Trinajstić information content (AvgIpc) is 3.04. The molecule has 4 rings (SSSR count). The van der Waals surface area contributed by atoms with Crippen molar-refractivity contribution in [3.8, 4) is 0 Å². The third-order valence-corrected chi connectivity index (χ3v) is 4.23. The Kier molecular flexibility index (Phi) is 3.39. The van der Waals surface area contributed by atoms with Crippen LogP contribution in [0.1, 0.15) is 22.7 Å². The third-order valence-electron chi connectivity index (χ3n) is 3.98. The van der Waals surface area contributed by atoms with Crippen molar-refractivity contribution in [3.63, 3.8) is 0 Å². The number of nitrogens with zero attached hydrogens (tertiary/aromatic N) is 3. The van der Waals surface area contributed by atoms with Gasteiger partial charge in [-0.2, -0.15) is 10.1 Å². The summed E-state index contributed by atoms with van der Waals surface area (Å²) < 4.78 is 1.89. The van der Waals surface area contributed by atoms with E-state index < -0.39 is 0 Å². The smallest absolute Gasteiger partial charge is 0.226 e. The van der Waals surface area contributed by atoms with Gasteiger partial charge in [-0.3, -0.25) is 0 Å². The molecule has 4 nitrogen and oxygen atoms in total. The molecule has 3 aromatic rings. The molecule has 0 saturated heterocycles. The molecule has 0 spiro atoms. The number of rotatable bonds is 2. The van der Waals surface area contributed by atoms with Crippen LogP contribution in [0.3, 0.4) is 0 Å². The van der Waals surface area contributed by atoms with Gasteiger partial charge in [-0.1, -0.05) is 53.6 Å². The highest BCUT2D eigenvalue weighted by Crippen LogP contribution is 2.32. The molecule has 114 valence electrons. The second-order valence-electron chi connectivity index (χ2n) is 5.60. The van der Waals surface area contributed by atoms with Crippen molar-refractivity contribution in [3.05, 3.63) is 82.6 Å². The Balaban J connectivity index is 1.79. The van der Waals surface area contributed by atoms with Gasteiger partial charge in [0.05, 0.1) is 0 Å². The van der Waals surface area contributed by atoms with Crippen LogP contribution in [0.15, 0.2) is 60.9 Å². The molecular weight excluding hydrogens is 308 g/mol. The van der Waals surface area contributed by atoms with E-state index in [1.807, 2.05) is 28.9 Å².